The lowest BCUT2D eigenvalue weighted by atomic mass is 10.0. The molecule has 8 heteroatoms. The van der Waals surface area contributed by atoms with Crippen molar-refractivity contribution in [3.05, 3.63) is 53.1 Å². The van der Waals surface area contributed by atoms with Gasteiger partial charge in [0.25, 0.3) is 0 Å². The first-order valence-corrected chi connectivity index (χ1v) is 12.2. The first kappa shape index (κ1) is 22.1. The maximum absolute atomic E-state index is 13.0. The van der Waals surface area contributed by atoms with E-state index in [9.17, 15) is 8.42 Å². The normalized spacial score (nSPS) is 18.1. The van der Waals surface area contributed by atoms with E-state index >= 15 is 0 Å². The summed E-state index contributed by atoms with van der Waals surface area (Å²) >= 11 is 0. The smallest absolute Gasteiger partial charge is 0.240 e. The molecular formula is C23H31N3O4S. The molecule has 31 heavy (non-hydrogen) atoms. The minimum atomic E-state index is -3.64. The molecule has 1 N–H and O–H groups in total. The monoisotopic (exact) mass is 445 g/mol. The van der Waals surface area contributed by atoms with Crippen molar-refractivity contribution in [2.24, 2.45) is 0 Å². The van der Waals surface area contributed by atoms with E-state index in [2.05, 4.69) is 39.8 Å². The summed E-state index contributed by atoms with van der Waals surface area (Å²) in [5.74, 6) is 0.674. The molecule has 2 heterocycles. The van der Waals surface area contributed by atoms with Gasteiger partial charge in [-0.15, -0.1) is 0 Å². The van der Waals surface area contributed by atoms with Gasteiger partial charge in [-0.25, -0.2) is 13.1 Å². The summed E-state index contributed by atoms with van der Waals surface area (Å²) in [5, 5.41) is 0. The standard InChI is InChI=1S/C23H31N3O4S/c1-17-14-20(5-7-23(17)29-3)31(27,28)24-16-22(26-10-12-30-13-11-26)18-4-6-21-19(15-18)8-9-25(21)2/h4-7,14-15,22,24H,8-13,16H2,1-3H3/t22-/m1/s1. The minimum Gasteiger partial charge on any atom is -0.496 e. The van der Waals surface area contributed by atoms with Crippen molar-refractivity contribution >= 4 is 15.7 Å². The van der Waals surface area contributed by atoms with Crippen molar-refractivity contribution in [2.45, 2.75) is 24.3 Å². The summed E-state index contributed by atoms with van der Waals surface area (Å²) in [4.78, 5) is 4.82. The Kier molecular flexibility index (Phi) is 6.52. The molecule has 0 aromatic heterocycles. The molecule has 1 atom stereocenters. The first-order chi connectivity index (χ1) is 14.9. The number of benzene rings is 2. The zero-order valence-corrected chi connectivity index (χ0v) is 19.2. The van der Waals surface area contributed by atoms with Crippen molar-refractivity contribution in [1.29, 1.82) is 0 Å². The van der Waals surface area contributed by atoms with E-state index in [-0.39, 0.29) is 10.9 Å². The van der Waals surface area contributed by atoms with Crippen molar-refractivity contribution in [3.63, 3.8) is 0 Å². The summed E-state index contributed by atoms with van der Waals surface area (Å²) in [6.45, 7) is 6.06. The number of anilines is 1. The number of morpholine rings is 1. The van der Waals surface area contributed by atoms with Gasteiger partial charge in [-0.3, -0.25) is 4.90 Å². The Hall–Kier alpha value is -2.13. The highest BCUT2D eigenvalue weighted by Crippen LogP contribution is 2.31. The third-order valence-corrected chi connectivity index (χ3v) is 7.67. The number of fused-ring (bicyclic) bond motifs is 1. The summed E-state index contributed by atoms with van der Waals surface area (Å²) in [6, 6.07) is 11.4. The molecule has 2 aliphatic heterocycles. The summed E-state index contributed by atoms with van der Waals surface area (Å²) in [5.41, 5.74) is 4.52. The van der Waals surface area contributed by atoms with Crippen LogP contribution in [0, 0.1) is 6.92 Å². The lowest BCUT2D eigenvalue weighted by Crippen LogP contribution is -2.43. The molecule has 168 valence electrons. The van der Waals surface area contributed by atoms with E-state index in [0.29, 0.717) is 25.5 Å². The zero-order valence-electron chi connectivity index (χ0n) is 18.4. The van der Waals surface area contributed by atoms with Gasteiger partial charge in [0.2, 0.25) is 10.0 Å². The molecule has 2 aromatic carbocycles. The van der Waals surface area contributed by atoms with Crippen molar-refractivity contribution in [2.75, 3.05) is 58.5 Å². The van der Waals surface area contributed by atoms with Crippen molar-refractivity contribution in [1.82, 2.24) is 9.62 Å². The van der Waals surface area contributed by atoms with Gasteiger partial charge < -0.3 is 14.4 Å². The minimum absolute atomic E-state index is 0.0470. The van der Waals surface area contributed by atoms with Gasteiger partial charge in [-0.05, 0) is 54.3 Å². The molecule has 1 fully saturated rings. The van der Waals surface area contributed by atoms with E-state index in [4.69, 9.17) is 9.47 Å². The highest BCUT2D eigenvalue weighted by atomic mass is 32.2. The average Bonchev–Trinajstić information content (AvgIpc) is 3.14. The number of methoxy groups -OCH3 is 1. The largest absolute Gasteiger partial charge is 0.496 e. The van der Waals surface area contributed by atoms with Crippen molar-refractivity contribution in [3.8, 4) is 5.75 Å². The molecule has 7 nitrogen and oxygen atoms in total. The Morgan fingerprint density at radius 1 is 1.13 bits per heavy atom. The van der Waals surface area contributed by atoms with E-state index in [1.807, 2.05) is 6.92 Å². The number of nitrogens with one attached hydrogen (secondary N) is 1. The number of hydrogen-bond acceptors (Lipinski definition) is 6. The summed E-state index contributed by atoms with van der Waals surface area (Å²) < 4.78 is 39.7. The first-order valence-electron chi connectivity index (χ1n) is 10.7. The second kappa shape index (κ2) is 9.16. The van der Waals surface area contributed by atoms with Gasteiger partial charge in [0.15, 0.2) is 0 Å². The molecule has 0 radical (unpaired) electrons. The molecule has 2 aliphatic rings. The highest BCUT2D eigenvalue weighted by Gasteiger charge is 2.27. The SMILES string of the molecule is COc1ccc(S(=O)(=O)NC[C@H](c2ccc3c(c2)CCN3C)N2CCOCC2)cc1C. The second-order valence-corrected chi connectivity index (χ2v) is 9.97. The second-order valence-electron chi connectivity index (χ2n) is 8.21. The molecule has 0 aliphatic carbocycles. The van der Waals surface area contributed by atoms with Crippen LogP contribution in [0.1, 0.15) is 22.7 Å². The fourth-order valence-electron chi connectivity index (χ4n) is 4.43. The number of ether oxygens (including phenoxy) is 2. The number of rotatable bonds is 7. The number of hydrogen-bond donors (Lipinski definition) is 1. The van der Waals surface area contributed by atoms with Crippen LogP contribution in [0.3, 0.4) is 0 Å². The molecule has 0 amide bonds. The molecule has 0 bridgehead atoms. The Balaban J connectivity index is 1.57. The van der Waals surface area contributed by atoms with E-state index < -0.39 is 10.0 Å². The Morgan fingerprint density at radius 3 is 2.61 bits per heavy atom. The maximum Gasteiger partial charge on any atom is 0.240 e. The lowest BCUT2D eigenvalue weighted by Gasteiger charge is -2.35. The molecule has 4 rings (SSSR count). The third-order valence-electron chi connectivity index (χ3n) is 6.25. The third kappa shape index (κ3) is 4.72. The van der Waals surface area contributed by atoms with Gasteiger partial charge in [-0.2, -0.15) is 0 Å². The Labute approximate surface area is 185 Å². The highest BCUT2D eigenvalue weighted by molar-refractivity contribution is 7.89. The number of nitrogens with zero attached hydrogens (tertiary/aromatic N) is 2. The van der Waals surface area contributed by atoms with E-state index in [1.54, 1.807) is 25.3 Å². The van der Waals surface area contributed by atoms with Gasteiger partial charge in [-0.1, -0.05) is 12.1 Å². The fraction of sp³-hybridized carbons (Fsp3) is 0.478. The molecular weight excluding hydrogens is 414 g/mol. The van der Waals surface area contributed by atoms with Crippen LogP contribution < -0.4 is 14.4 Å². The fourth-order valence-corrected chi connectivity index (χ4v) is 5.55. The topological polar surface area (TPSA) is 71.1 Å². The van der Waals surface area contributed by atoms with Crippen molar-refractivity contribution < 1.29 is 17.9 Å². The quantitative estimate of drug-likeness (QED) is 0.706. The lowest BCUT2D eigenvalue weighted by molar-refractivity contribution is 0.0172. The van der Waals surface area contributed by atoms with Crippen LogP contribution in [-0.4, -0.2) is 66.9 Å². The Bertz CT molecular complexity index is 1040. The van der Waals surface area contributed by atoms with Gasteiger partial charge in [0.05, 0.1) is 25.2 Å². The number of aryl methyl sites for hydroxylation is 1. The van der Waals surface area contributed by atoms with Gasteiger partial charge >= 0.3 is 0 Å². The van der Waals surface area contributed by atoms with Crippen LogP contribution >= 0.6 is 0 Å². The predicted molar refractivity (Wildman–Crippen MR) is 121 cm³/mol. The van der Waals surface area contributed by atoms with Crippen LogP contribution in [0.5, 0.6) is 5.75 Å². The van der Waals surface area contributed by atoms with Crippen LogP contribution in [0.15, 0.2) is 41.3 Å². The predicted octanol–water partition coefficient (Wildman–Crippen LogP) is 2.35. The van der Waals surface area contributed by atoms with E-state index in [0.717, 1.165) is 37.2 Å². The summed E-state index contributed by atoms with van der Waals surface area (Å²) in [6.07, 6.45) is 1.02. The molecule has 0 saturated carbocycles. The van der Waals surface area contributed by atoms with Crippen LogP contribution in [0.4, 0.5) is 5.69 Å². The number of likely N-dealkylation sites (N-methyl/N-ethyl adjacent to an activating group) is 1. The van der Waals surface area contributed by atoms with Gasteiger partial charge in [0, 0.05) is 45.0 Å². The molecule has 2 aromatic rings. The molecule has 1 saturated heterocycles. The molecule has 0 unspecified atom stereocenters. The number of sulfonamides is 1. The average molecular weight is 446 g/mol. The van der Waals surface area contributed by atoms with Gasteiger partial charge in [0.1, 0.15) is 5.75 Å². The van der Waals surface area contributed by atoms with E-state index in [1.165, 1.54) is 11.3 Å². The summed E-state index contributed by atoms with van der Waals surface area (Å²) in [7, 11) is 0.0450. The zero-order chi connectivity index (χ0) is 22.0. The van der Waals surface area contributed by atoms with Crippen LogP contribution in [0.25, 0.3) is 0 Å². The Morgan fingerprint density at radius 2 is 1.90 bits per heavy atom. The van der Waals surface area contributed by atoms with Crippen LogP contribution in [-0.2, 0) is 21.2 Å². The maximum atomic E-state index is 13.0. The molecule has 0 spiro atoms. The van der Waals surface area contributed by atoms with Crippen LogP contribution in [0.2, 0.25) is 0 Å².